The summed E-state index contributed by atoms with van der Waals surface area (Å²) in [4.78, 5) is 13.7. The predicted molar refractivity (Wildman–Crippen MR) is 99.6 cm³/mol. The van der Waals surface area contributed by atoms with E-state index >= 15 is 0 Å². The fourth-order valence-corrected chi connectivity index (χ4v) is 5.98. The minimum absolute atomic E-state index is 0.104. The van der Waals surface area contributed by atoms with Gasteiger partial charge in [0, 0.05) is 49.3 Å². The molecular weight excluding hydrogens is 380 g/mol. The summed E-state index contributed by atoms with van der Waals surface area (Å²) in [7, 11) is -2.14. The number of aromatic nitrogens is 2. The summed E-state index contributed by atoms with van der Waals surface area (Å²) in [6, 6.07) is 3.97. The fraction of sp³-hybridized carbons (Fsp3) is 0.467. The summed E-state index contributed by atoms with van der Waals surface area (Å²) in [6.45, 7) is 1.35. The minimum atomic E-state index is -3.76. The zero-order chi connectivity index (χ0) is 17.9. The normalized spacial score (nSPS) is 16.0. The smallest absolute Gasteiger partial charge is 0.263 e. The second kappa shape index (κ2) is 7.90. The van der Waals surface area contributed by atoms with E-state index in [1.807, 2.05) is 17.5 Å². The number of carbonyl (C=O) groups excluding carboxylic acids is 1. The second-order valence-corrected chi connectivity index (χ2v) is 9.73. The molecule has 1 aliphatic heterocycles. The molecule has 0 spiro atoms. The lowest BCUT2D eigenvalue weighted by Crippen LogP contribution is -2.39. The van der Waals surface area contributed by atoms with Crippen LogP contribution in [0.25, 0.3) is 0 Å². The van der Waals surface area contributed by atoms with Crippen LogP contribution in [0.2, 0.25) is 0 Å². The maximum Gasteiger partial charge on any atom is 0.263 e. The Kier molecular flexibility index (Phi) is 5.82. The summed E-state index contributed by atoms with van der Waals surface area (Å²) in [5, 5.41) is 8.68. The first-order valence-corrected chi connectivity index (χ1v) is 11.4. The van der Waals surface area contributed by atoms with E-state index in [9.17, 15) is 13.2 Å². The molecule has 1 N–H and O–H groups in total. The van der Waals surface area contributed by atoms with Gasteiger partial charge in [0.05, 0.1) is 5.56 Å². The molecule has 1 fully saturated rings. The molecule has 0 atom stereocenters. The first kappa shape index (κ1) is 18.4. The van der Waals surface area contributed by atoms with Crippen LogP contribution in [-0.4, -0.2) is 59.6 Å². The first-order valence-electron chi connectivity index (χ1n) is 7.90. The topological polar surface area (TPSA) is 84.3 Å². The highest BCUT2D eigenvalue weighted by Crippen LogP contribution is 2.22. The molecule has 1 aliphatic rings. The van der Waals surface area contributed by atoms with Gasteiger partial charge in [0.25, 0.3) is 15.9 Å². The Morgan fingerprint density at radius 1 is 1.36 bits per heavy atom. The summed E-state index contributed by atoms with van der Waals surface area (Å²) in [5.41, 5.74) is 0.104. The fourth-order valence-electron chi connectivity index (χ4n) is 2.57. The van der Waals surface area contributed by atoms with Crippen molar-refractivity contribution in [2.24, 2.45) is 7.05 Å². The van der Waals surface area contributed by atoms with Gasteiger partial charge in [-0.05, 0) is 17.9 Å². The molecule has 0 bridgehead atoms. The van der Waals surface area contributed by atoms with E-state index in [0.717, 1.165) is 17.9 Å². The van der Waals surface area contributed by atoms with E-state index in [1.54, 1.807) is 30.1 Å². The maximum atomic E-state index is 12.8. The third-order valence-electron chi connectivity index (χ3n) is 3.83. The number of nitrogens with zero attached hydrogens (tertiary/aromatic N) is 3. The Morgan fingerprint density at radius 2 is 2.12 bits per heavy atom. The predicted octanol–water partition coefficient (Wildman–Crippen LogP) is 1.19. The molecule has 1 amide bonds. The molecule has 0 saturated carbocycles. The van der Waals surface area contributed by atoms with Gasteiger partial charge in [0.1, 0.15) is 0 Å². The van der Waals surface area contributed by atoms with Crippen molar-refractivity contribution in [1.82, 2.24) is 19.4 Å². The number of nitrogens with one attached hydrogen (secondary N) is 1. The molecule has 3 heterocycles. The van der Waals surface area contributed by atoms with E-state index in [0.29, 0.717) is 19.6 Å². The first-order chi connectivity index (χ1) is 12.0. The highest BCUT2D eigenvalue weighted by Gasteiger charge is 2.33. The molecule has 3 rings (SSSR count). The van der Waals surface area contributed by atoms with Crippen LogP contribution in [0.5, 0.6) is 0 Å². The van der Waals surface area contributed by atoms with Crippen molar-refractivity contribution in [2.45, 2.75) is 11.4 Å². The van der Waals surface area contributed by atoms with Crippen LogP contribution >= 0.6 is 23.1 Å². The SMILES string of the molecule is Cn1cc(C(=O)NCCc2cccs2)c(S(=O)(=O)N2CCSCC2)n1. The zero-order valence-corrected chi connectivity index (χ0v) is 16.3. The molecule has 2 aromatic heterocycles. The lowest BCUT2D eigenvalue weighted by atomic mass is 10.3. The number of hydrogen-bond donors (Lipinski definition) is 1. The van der Waals surface area contributed by atoms with Gasteiger partial charge < -0.3 is 5.32 Å². The van der Waals surface area contributed by atoms with E-state index in [4.69, 9.17) is 0 Å². The van der Waals surface area contributed by atoms with Crippen LogP contribution in [-0.2, 0) is 23.5 Å². The average Bonchev–Trinajstić information content (AvgIpc) is 3.25. The van der Waals surface area contributed by atoms with Gasteiger partial charge in [-0.25, -0.2) is 8.42 Å². The Morgan fingerprint density at radius 3 is 2.80 bits per heavy atom. The van der Waals surface area contributed by atoms with E-state index < -0.39 is 15.9 Å². The number of carbonyl (C=O) groups is 1. The van der Waals surface area contributed by atoms with Gasteiger partial charge in [0.15, 0.2) is 0 Å². The summed E-state index contributed by atoms with van der Waals surface area (Å²) >= 11 is 3.35. The number of hydrogen-bond acceptors (Lipinski definition) is 6. The van der Waals surface area contributed by atoms with Crippen molar-refractivity contribution in [3.63, 3.8) is 0 Å². The van der Waals surface area contributed by atoms with Crippen LogP contribution < -0.4 is 5.32 Å². The molecule has 1 saturated heterocycles. The van der Waals surface area contributed by atoms with Crippen molar-refractivity contribution in [3.8, 4) is 0 Å². The lowest BCUT2D eigenvalue weighted by Gasteiger charge is -2.24. The lowest BCUT2D eigenvalue weighted by molar-refractivity contribution is 0.0950. The van der Waals surface area contributed by atoms with Crippen molar-refractivity contribution in [3.05, 3.63) is 34.2 Å². The van der Waals surface area contributed by atoms with Gasteiger partial charge in [-0.3, -0.25) is 9.48 Å². The maximum absolute atomic E-state index is 12.8. The highest BCUT2D eigenvalue weighted by molar-refractivity contribution is 7.99. The summed E-state index contributed by atoms with van der Waals surface area (Å²) < 4.78 is 28.5. The van der Waals surface area contributed by atoms with Crippen LogP contribution in [0.4, 0.5) is 0 Å². The van der Waals surface area contributed by atoms with Gasteiger partial charge in [-0.1, -0.05) is 6.07 Å². The molecule has 0 aromatic carbocycles. The summed E-state index contributed by atoms with van der Waals surface area (Å²) in [6.07, 6.45) is 2.18. The molecule has 2 aromatic rings. The number of rotatable bonds is 6. The molecule has 10 heteroatoms. The number of sulfonamides is 1. The van der Waals surface area contributed by atoms with Gasteiger partial charge >= 0.3 is 0 Å². The zero-order valence-electron chi connectivity index (χ0n) is 13.8. The molecular formula is C15H20N4O3S3. The highest BCUT2D eigenvalue weighted by atomic mass is 32.2. The number of aryl methyl sites for hydroxylation is 1. The standard InChI is InChI=1S/C15H20N4O3S3/c1-18-11-13(14(20)16-5-4-12-3-2-8-24-12)15(17-18)25(21,22)19-6-9-23-10-7-19/h2-3,8,11H,4-7,9-10H2,1H3,(H,16,20). The summed E-state index contributed by atoms with van der Waals surface area (Å²) in [5.74, 6) is 1.11. The van der Waals surface area contributed by atoms with Gasteiger partial charge in [0.2, 0.25) is 5.03 Å². The largest absolute Gasteiger partial charge is 0.352 e. The van der Waals surface area contributed by atoms with Crippen molar-refractivity contribution < 1.29 is 13.2 Å². The van der Waals surface area contributed by atoms with Gasteiger partial charge in [-0.15, -0.1) is 11.3 Å². The quantitative estimate of drug-likeness (QED) is 0.787. The van der Waals surface area contributed by atoms with E-state index in [-0.39, 0.29) is 10.6 Å². The van der Waals surface area contributed by atoms with Crippen LogP contribution in [0, 0.1) is 0 Å². The van der Waals surface area contributed by atoms with E-state index in [1.165, 1.54) is 20.1 Å². The van der Waals surface area contributed by atoms with Crippen molar-refractivity contribution in [2.75, 3.05) is 31.1 Å². The number of thioether (sulfide) groups is 1. The average molecular weight is 401 g/mol. The molecule has 0 aliphatic carbocycles. The molecule has 0 radical (unpaired) electrons. The minimum Gasteiger partial charge on any atom is -0.352 e. The molecule has 7 nitrogen and oxygen atoms in total. The number of thiophene rings is 1. The monoisotopic (exact) mass is 400 g/mol. The molecule has 136 valence electrons. The van der Waals surface area contributed by atoms with Crippen molar-refractivity contribution in [1.29, 1.82) is 0 Å². The molecule has 25 heavy (non-hydrogen) atoms. The van der Waals surface area contributed by atoms with Crippen LogP contribution in [0.1, 0.15) is 15.2 Å². The Hall–Kier alpha value is -1.36. The third kappa shape index (κ3) is 4.25. The van der Waals surface area contributed by atoms with Crippen LogP contribution in [0.15, 0.2) is 28.7 Å². The number of amides is 1. The Balaban J connectivity index is 1.74. The third-order valence-corrected chi connectivity index (χ3v) is 7.54. The Labute approximate surface area is 155 Å². The van der Waals surface area contributed by atoms with Crippen molar-refractivity contribution >= 4 is 39.0 Å². The van der Waals surface area contributed by atoms with Crippen LogP contribution in [0.3, 0.4) is 0 Å². The second-order valence-electron chi connectivity index (χ2n) is 5.62. The van der Waals surface area contributed by atoms with Gasteiger partial charge in [-0.2, -0.15) is 21.2 Å². The Bertz CT molecular complexity index is 824. The van der Waals surface area contributed by atoms with E-state index in [2.05, 4.69) is 10.4 Å². The molecule has 0 unspecified atom stereocenters.